The maximum absolute atomic E-state index is 12.2. The molecule has 0 N–H and O–H groups in total. The minimum atomic E-state index is -4.54. The first-order chi connectivity index (χ1) is 44.9. The van der Waals surface area contributed by atoms with Crippen LogP contribution in [0.15, 0.2) is 114 Å². The number of unbranched alkanes of at least 4 members (excludes halogenated alkanes) is 3. The van der Waals surface area contributed by atoms with E-state index in [-0.39, 0.29) is 38.9 Å². The van der Waals surface area contributed by atoms with Crippen LogP contribution in [0.25, 0.3) is 6.08 Å². The van der Waals surface area contributed by atoms with E-state index >= 15 is 0 Å². The smallest absolute Gasteiger partial charge is 0.416 e. The molecule has 0 unspecified atom stereocenters. The van der Waals surface area contributed by atoms with Gasteiger partial charge < -0.3 is 52.1 Å². The zero-order chi connectivity index (χ0) is 68.4. The summed E-state index contributed by atoms with van der Waals surface area (Å²) in [5, 5.41) is 0. The van der Waals surface area contributed by atoms with Gasteiger partial charge in [-0.1, -0.05) is 44.4 Å². The number of cyclic esters (lactones) is 12. The fraction of sp³-hybridized carbons (Fsp3) is 0.254. The SMILES string of the molecule is C/C=C/c1ccc2c(c1)C(=O)OC2=O.CCCCCCSc1ccc2c(c1)C(=O)OC2=O.CCOc1cc2c(cc1OCC)C(=O)OC2=O.CCOc1ccc2c(c1)C(=O)OC2=O.COCCOc1ccc2c(c1)C(=O)OC2=O.O=C1OC(=O)c2cc(C(F)(F)F)ccc21. The van der Waals surface area contributed by atoms with E-state index < -0.39 is 83.4 Å². The Labute approximate surface area is 537 Å². The molecule has 6 aromatic carbocycles. The number of rotatable bonds is 17. The fourth-order valence-corrected chi connectivity index (χ4v) is 9.83. The molecule has 6 aliphatic rings. The number of alkyl halides is 3. The second-order valence-electron chi connectivity index (χ2n) is 19.6. The summed E-state index contributed by atoms with van der Waals surface area (Å²) >= 11 is 1.72. The number of hydrogen-bond acceptors (Lipinski definition) is 24. The summed E-state index contributed by atoms with van der Waals surface area (Å²) in [5.74, 6) is -4.83. The van der Waals surface area contributed by atoms with Gasteiger partial charge in [-0.25, -0.2) is 57.5 Å². The highest BCUT2D eigenvalue weighted by Gasteiger charge is 2.37. The first-order valence-corrected chi connectivity index (χ1v) is 29.7. The summed E-state index contributed by atoms with van der Waals surface area (Å²) in [6.45, 7) is 11.8. The molecule has 0 radical (unpaired) electrons. The molecule has 0 amide bonds. The van der Waals surface area contributed by atoms with E-state index in [0.29, 0.717) is 89.9 Å². The van der Waals surface area contributed by atoms with Crippen LogP contribution in [0.5, 0.6) is 23.0 Å². The van der Waals surface area contributed by atoms with Crippen LogP contribution in [0.4, 0.5) is 13.2 Å². The van der Waals surface area contributed by atoms with Crippen LogP contribution >= 0.6 is 11.8 Å². The normalized spacial score (nSPS) is 14.0. The molecule has 0 spiro atoms. The summed E-state index contributed by atoms with van der Waals surface area (Å²) in [6.07, 6.45) is 4.11. The van der Waals surface area contributed by atoms with Crippen molar-refractivity contribution in [3.63, 3.8) is 0 Å². The molecular formula is C67H57F3O23S. The fourth-order valence-electron chi connectivity index (χ4n) is 8.88. The molecule has 23 nitrogen and oxygen atoms in total. The zero-order valence-electron chi connectivity index (χ0n) is 51.0. The molecular weight excluding hydrogens is 1260 g/mol. The van der Waals surface area contributed by atoms with Crippen molar-refractivity contribution in [2.24, 2.45) is 0 Å². The predicted octanol–water partition coefficient (Wildman–Crippen LogP) is 11.9. The molecule has 0 fully saturated rings. The number of thioether (sulfide) groups is 1. The lowest BCUT2D eigenvalue weighted by Gasteiger charge is -2.11. The molecule has 0 bridgehead atoms. The van der Waals surface area contributed by atoms with E-state index in [1.54, 1.807) is 61.3 Å². The third kappa shape index (κ3) is 17.6. The van der Waals surface area contributed by atoms with Crippen LogP contribution in [0.2, 0.25) is 0 Å². The van der Waals surface area contributed by atoms with Crippen molar-refractivity contribution < 1.29 is 123 Å². The number of hydrogen-bond donors (Lipinski definition) is 0. The summed E-state index contributed by atoms with van der Waals surface area (Å²) in [6, 6.07) is 24.9. The Hall–Kier alpha value is -10.8. The van der Waals surface area contributed by atoms with Crippen molar-refractivity contribution in [3.05, 3.63) is 187 Å². The number of fused-ring (bicyclic) bond motifs is 6. The predicted molar refractivity (Wildman–Crippen MR) is 323 cm³/mol. The van der Waals surface area contributed by atoms with E-state index in [0.717, 1.165) is 28.3 Å². The second kappa shape index (κ2) is 32.5. The quantitative estimate of drug-likeness (QED) is 0.0269. The molecule has 0 aliphatic carbocycles. The first kappa shape index (κ1) is 70.7. The lowest BCUT2D eigenvalue weighted by Crippen LogP contribution is -2.06. The van der Waals surface area contributed by atoms with Crippen LogP contribution < -0.4 is 18.9 Å². The Morgan fingerprint density at radius 1 is 0.394 bits per heavy atom. The standard InChI is InChI=1S/C14H16O3S.C12H12O5.C11H10O5.C11H8O3.C10H8O4.C9H3F3O3/c1-2-3-4-5-8-18-10-6-7-11-12(9-10)14(16)17-13(11)15;1-3-15-9-5-7-8(6-10(9)16-4-2)12(14)17-11(7)13;1-14-4-5-15-7-2-3-8-9(6-7)11(13)16-10(8)12;1-2-3-7-4-5-8-9(6-7)11(13)14-10(8)12;1-2-13-6-3-4-7-8(5-6)10(12)14-9(7)11;10-9(11,12)4-1-2-5-6(3-4)8(14)15-7(5)13/h6-7,9H,2-5,8H2,1H3;5-6H,3-4H2,1-2H3;2-3,6H,4-5H2,1H3;2-6H,1H3;3-5H,2H2,1H3;1-3H/b;;;3-2+;;. The number of carbonyl (C=O) groups excluding carboxylic acids is 12. The van der Waals surface area contributed by atoms with Gasteiger partial charge in [0.05, 0.1) is 98.8 Å². The first-order valence-electron chi connectivity index (χ1n) is 28.7. The maximum atomic E-state index is 12.2. The van der Waals surface area contributed by atoms with Gasteiger partial charge in [-0.05, 0) is 142 Å². The molecule has 0 atom stereocenters. The Balaban J connectivity index is 0.000000160. The van der Waals surface area contributed by atoms with Crippen LogP contribution in [0.1, 0.15) is 196 Å². The maximum Gasteiger partial charge on any atom is 0.416 e. The van der Waals surface area contributed by atoms with Crippen molar-refractivity contribution in [1.82, 2.24) is 0 Å². The van der Waals surface area contributed by atoms with Gasteiger partial charge in [-0.2, -0.15) is 13.2 Å². The lowest BCUT2D eigenvalue weighted by molar-refractivity contribution is -0.137. The van der Waals surface area contributed by atoms with Gasteiger partial charge >= 0.3 is 77.8 Å². The summed E-state index contributed by atoms with van der Waals surface area (Å²) in [5.41, 5.74) is 2.49. The lowest BCUT2D eigenvalue weighted by atomic mass is 10.1. The highest BCUT2D eigenvalue weighted by molar-refractivity contribution is 7.99. The Kier molecular flexibility index (Phi) is 24.4. The van der Waals surface area contributed by atoms with Crippen LogP contribution in [-0.4, -0.2) is 118 Å². The van der Waals surface area contributed by atoms with Gasteiger partial charge in [-0.15, -0.1) is 11.8 Å². The third-order valence-corrected chi connectivity index (χ3v) is 14.4. The zero-order valence-corrected chi connectivity index (χ0v) is 51.8. The van der Waals surface area contributed by atoms with E-state index in [2.05, 4.69) is 35.3 Å². The number of allylic oxidation sites excluding steroid dienone is 1. The highest BCUT2D eigenvalue weighted by atomic mass is 32.2. The molecule has 0 saturated heterocycles. The molecule has 6 heterocycles. The van der Waals surface area contributed by atoms with E-state index in [9.17, 15) is 70.7 Å². The van der Waals surface area contributed by atoms with Crippen LogP contribution in [0, 0.1) is 0 Å². The Bertz CT molecular complexity index is 3990. The van der Waals surface area contributed by atoms with Gasteiger partial charge in [0, 0.05) is 12.0 Å². The number of benzene rings is 6. The summed E-state index contributed by atoms with van der Waals surface area (Å²) in [7, 11) is 1.57. The van der Waals surface area contributed by atoms with Gasteiger partial charge in [-0.3, -0.25) is 0 Å². The number of halogens is 3. The number of carbonyl (C=O) groups is 12. The van der Waals surface area contributed by atoms with E-state index in [4.69, 9.17) is 23.7 Å². The summed E-state index contributed by atoms with van der Waals surface area (Å²) < 4.78 is 89.3. The van der Waals surface area contributed by atoms with E-state index in [1.165, 1.54) is 62.1 Å². The van der Waals surface area contributed by atoms with Gasteiger partial charge in [0.1, 0.15) is 18.1 Å². The van der Waals surface area contributed by atoms with E-state index in [1.807, 2.05) is 45.9 Å². The molecule has 490 valence electrons. The highest BCUT2D eigenvalue weighted by Crippen LogP contribution is 2.36. The average molecular weight is 1320 g/mol. The molecule has 0 aromatic heterocycles. The molecule has 6 aromatic rings. The summed E-state index contributed by atoms with van der Waals surface area (Å²) in [4.78, 5) is 135. The second-order valence-corrected chi connectivity index (χ2v) is 20.8. The number of esters is 12. The largest absolute Gasteiger partial charge is 0.494 e. The van der Waals surface area contributed by atoms with Gasteiger partial charge in [0.15, 0.2) is 11.5 Å². The molecule has 27 heteroatoms. The van der Waals surface area contributed by atoms with Gasteiger partial charge in [0.25, 0.3) is 0 Å². The third-order valence-electron chi connectivity index (χ3n) is 13.3. The minimum absolute atomic E-state index is 0.131. The van der Waals surface area contributed by atoms with Crippen LogP contribution in [-0.2, 0) is 39.3 Å². The van der Waals surface area contributed by atoms with Crippen molar-refractivity contribution in [1.29, 1.82) is 0 Å². The topological polar surface area (TPSA) is 306 Å². The molecule has 0 saturated carbocycles. The number of ether oxygens (including phenoxy) is 11. The van der Waals surface area contributed by atoms with Gasteiger partial charge in [0.2, 0.25) is 0 Å². The molecule has 94 heavy (non-hydrogen) atoms. The van der Waals surface area contributed by atoms with Crippen molar-refractivity contribution in [2.75, 3.05) is 45.9 Å². The molecule has 6 aliphatic heterocycles. The monoisotopic (exact) mass is 1320 g/mol. The molecule has 12 rings (SSSR count). The van der Waals surface area contributed by atoms with Crippen LogP contribution in [0.3, 0.4) is 0 Å². The average Bonchev–Trinajstić information content (AvgIpc) is 1.46. The Morgan fingerprint density at radius 3 is 1.18 bits per heavy atom. The minimum Gasteiger partial charge on any atom is -0.494 e. The number of methoxy groups -OCH3 is 1. The van der Waals surface area contributed by atoms with Crippen molar-refractivity contribution in [2.45, 2.75) is 71.4 Å². The van der Waals surface area contributed by atoms with Crippen molar-refractivity contribution in [3.8, 4) is 23.0 Å². The van der Waals surface area contributed by atoms with Crippen molar-refractivity contribution >= 4 is 89.5 Å². The Morgan fingerprint density at radius 2 is 0.766 bits per heavy atom.